The molecule has 0 saturated carbocycles. The van der Waals surface area contributed by atoms with Crippen molar-refractivity contribution in [1.82, 2.24) is 25.8 Å². The van der Waals surface area contributed by atoms with E-state index in [4.69, 9.17) is 22.1 Å². The molecular formula is C17H16ClN7O3. The summed E-state index contributed by atoms with van der Waals surface area (Å²) in [6, 6.07) is 12.7. The Labute approximate surface area is 164 Å². The highest BCUT2D eigenvalue weighted by Gasteiger charge is 2.19. The molecule has 10 nitrogen and oxygen atoms in total. The van der Waals surface area contributed by atoms with Crippen LogP contribution in [0.5, 0.6) is 5.75 Å². The third-order valence-corrected chi connectivity index (χ3v) is 3.88. The van der Waals surface area contributed by atoms with Gasteiger partial charge in [0.15, 0.2) is 11.5 Å². The first-order valence-electron chi connectivity index (χ1n) is 7.96. The summed E-state index contributed by atoms with van der Waals surface area (Å²) in [6.45, 7) is 0. The molecule has 0 aliphatic heterocycles. The van der Waals surface area contributed by atoms with Crippen molar-refractivity contribution in [2.24, 2.45) is 0 Å². The zero-order valence-electron chi connectivity index (χ0n) is 14.6. The molecule has 1 aromatic heterocycles. The number of nitrogens with zero attached hydrogens (tertiary/aromatic N) is 3. The van der Waals surface area contributed by atoms with E-state index in [2.05, 4.69) is 26.5 Å². The number of benzene rings is 2. The standard InChI is InChI=1S/C17H16ClN7O3/c1-28-13-8-4-11(5-9-13)20-17(27)23-22-16(26)14-15(19)25(24-21-14)12-6-2-10(18)3-7-12/h2-9H,19H2,1H3,(H,22,26)(H2,20,23,27). The number of nitrogens with one attached hydrogen (secondary N) is 3. The summed E-state index contributed by atoms with van der Waals surface area (Å²) in [6.07, 6.45) is 0. The predicted molar refractivity (Wildman–Crippen MR) is 103 cm³/mol. The van der Waals surface area contributed by atoms with Gasteiger partial charge in [0.25, 0.3) is 5.91 Å². The van der Waals surface area contributed by atoms with Crippen LogP contribution in [0, 0.1) is 0 Å². The average molecular weight is 402 g/mol. The molecule has 0 bridgehead atoms. The summed E-state index contributed by atoms with van der Waals surface area (Å²) in [5.74, 6) is -0.0571. The van der Waals surface area contributed by atoms with Crippen molar-refractivity contribution >= 4 is 35.0 Å². The number of rotatable bonds is 4. The molecule has 2 aromatic carbocycles. The van der Waals surface area contributed by atoms with E-state index in [-0.39, 0.29) is 11.5 Å². The van der Waals surface area contributed by atoms with E-state index in [1.165, 1.54) is 4.68 Å². The fourth-order valence-electron chi connectivity index (χ4n) is 2.23. The van der Waals surface area contributed by atoms with Crippen molar-refractivity contribution in [1.29, 1.82) is 0 Å². The molecule has 0 aliphatic carbocycles. The van der Waals surface area contributed by atoms with Crippen molar-refractivity contribution in [3.05, 3.63) is 59.2 Å². The number of aromatic nitrogens is 3. The first-order valence-corrected chi connectivity index (χ1v) is 8.34. The second kappa shape index (κ2) is 8.27. The van der Waals surface area contributed by atoms with Gasteiger partial charge in [-0.1, -0.05) is 16.8 Å². The summed E-state index contributed by atoms with van der Waals surface area (Å²) in [4.78, 5) is 24.1. The van der Waals surface area contributed by atoms with Crippen LogP contribution in [-0.4, -0.2) is 34.0 Å². The van der Waals surface area contributed by atoms with Gasteiger partial charge in [0.2, 0.25) is 0 Å². The zero-order valence-corrected chi connectivity index (χ0v) is 15.4. The van der Waals surface area contributed by atoms with Gasteiger partial charge in [-0.2, -0.15) is 4.68 Å². The summed E-state index contributed by atoms with van der Waals surface area (Å²) in [7, 11) is 1.54. The Hall–Kier alpha value is -3.79. The second-order valence-electron chi connectivity index (χ2n) is 5.47. The van der Waals surface area contributed by atoms with Crippen molar-refractivity contribution in [2.75, 3.05) is 18.2 Å². The number of ether oxygens (including phenoxy) is 1. The fraction of sp³-hybridized carbons (Fsp3) is 0.0588. The molecule has 0 saturated heterocycles. The normalized spacial score (nSPS) is 10.2. The molecule has 0 fully saturated rings. The van der Waals surface area contributed by atoms with Crippen molar-refractivity contribution in [2.45, 2.75) is 0 Å². The number of hydrogen-bond donors (Lipinski definition) is 4. The Morgan fingerprint density at radius 1 is 1.07 bits per heavy atom. The molecule has 11 heteroatoms. The molecule has 0 atom stereocenters. The lowest BCUT2D eigenvalue weighted by molar-refractivity contribution is 0.0933. The smallest absolute Gasteiger partial charge is 0.337 e. The van der Waals surface area contributed by atoms with Gasteiger partial charge < -0.3 is 15.8 Å². The Balaban J connectivity index is 1.60. The number of halogens is 1. The minimum Gasteiger partial charge on any atom is -0.497 e. The van der Waals surface area contributed by atoms with E-state index in [0.717, 1.165) is 0 Å². The number of nitrogens with two attached hydrogens (primary N) is 1. The summed E-state index contributed by atoms with van der Waals surface area (Å²) >= 11 is 5.85. The SMILES string of the molecule is COc1ccc(NC(=O)NNC(=O)c2nnn(-c3ccc(Cl)cc3)c2N)cc1. The number of carbonyl (C=O) groups excluding carboxylic acids is 2. The number of hydrogen-bond acceptors (Lipinski definition) is 6. The first-order chi connectivity index (χ1) is 13.5. The average Bonchev–Trinajstić information content (AvgIpc) is 3.09. The summed E-state index contributed by atoms with van der Waals surface area (Å²) in [5.41, 5.74) is 11.3. The Bertz CT molecular complexity index is 987. The van der Waals surface area contributed by atoms with Crippen molar-refractivity contribution in [3.8, 4) is 11.4 Å². The topological polar surface area (TPSA) is 136 Å². The second-order valence-corrected chi connectivity index (χ2v) is 5.91. The van der Waals surface area contributed by atoms with Crippen LogP contribution >= 0.6 is 11.6 Å². The van der Waals surface area contributed by atoms with Crippen LogP contribution < -0.4 is 26.6 Å². The highest BCUT2D eigenvalue weighted by atomic mass is 35.5. The Morgan fingerprint density at radius 3 is 2.39 bits per heavy atom. The van der Waals surface area contributed by atoms with Crippen molar-refractivity contribution in [3.63, 3.8) is 0 Å². The van der Waals surface area contributed by atoms with Gasteiger partial charge in [0.1, 0.15) is 5.75 Å². The molecule has 0 aliphatic rings. The fourth-order valence-corrected chi connectivity index (χ4v) is 2.36. The van der Waals surface area contributed by atoms with Gasteiger partial charge in [0.05, 0.1) is 12.8 Å². The first kappa shape index (κ1) is 19.0. The molecule has 5 N–H and O–H groups in total. The van der Waals surface area contributed by atoms with Gasteiger partial charge in [-0.15, -0.1) is 5.10 Å². The van der Waals surface area contributed by atoms with Crippen LogP contribution in [-0.2, 0) is 0 Å². The number of urea groups is 1. The monoisotopic (exact) mass is 401 g/mol. The number of amides is 3. The van der Waals surface area contributed by atoms with Crippen LogP contribution in [0.4, 0.5) is 16.3 Å². The van der Waals surface area contributed by atoms with Gasteiger partial charge in [-0.3, -0.25) is 10.2 Å². The predicted octanol–water partition coefficient (Wildman–Crippen LogP) is 1.98. The number of carbonyl (C=O) groups is 2. The quantitative estimate of drug-likeness (QED) is 0.493. The number of anilines is 2. The molecule has 144 valence electrons. The van der Waals surface area contributed by atoms with E-state index < -0.39 is 11.9 Å². The van der Waals surface area contributed by atoms with Crippen LogP contribution in [0.2, 0.25) is 5.02 Å². The van der Waals surface area contributed by atoms with Gasteiger partial charge in [-0.05, 0) is 48.5 Å². The molecule has 1 heterocycles. The number of methoxy groups -OCH3 is 1. The highest BCUT2D eigenvalue weighted by Crippen LogP contribution is 2.17. The third-order valence-electron chi connectivity index (χ3n) is 3.63. The third kappa shape index (κ3) is 4.30. The maximum Gasteiger partial charge on any atom is 0.337 e. The molecule has 3 amide bonds. The summed E-state index contributed by atoms with van der Waals surface area (Å²) in [5, 5.41) is 10.7. The highest BCUT2D eigenvalue weighted by molar-refractivity contribution is 6.30. The van der Waals surface area contributed by atoms with Gasteiger partial charge in [-0.25, -0.2) is 10.2 Å². The Morgan fingerprint density at radius 2 is 1.75 bits per heavy atom. The van der Waals surface area contributed by atoms with E-state index in [0.29, 0.717) is 22.1 Å². The van der Waals surface area contributed by atoms with Crippen molar-refractivity contribution < 1.29 is 14.3 Å². The number of nitrogen functional groups attached to an aromatic ring is 1. The minimum absolute atomic E-state index is 0.0113. The van der Waals surface area contributed by atoms with E-state index in [1.807, 2.05) is 0 Å². The Kier molecular flexibility index (Phi) is 5.61. The maximum absolute atomic E-state index is 12.2. The van der Waals surface area contributed by atoms with E-state index in [9.17, 15) is 9.59 Å². The molecule has 28 heavy (non-hydrogen) atoms. The zero-order chi connectivity index (χ0) is 20.1. The molecular weight excluding hydrogens is 386 g/mol. The maximum atomic E-state index is 12.2. The van der Waals surface area contributed by atoms with Gasteiger partial charge >= 0.3 is 6.03 Å². The van der Waals surface area contributed by atoms with E-state index in [1.54, 1.807) is 55.6 Å². The largest absolute Gasteiger partial charge is 0.497 e. The molecule has 3 rings (SSSR count). The van der Waals surface area contributed by atoms with Crippen LogP contribution in [0.3, 0.4) is 0 Å². The number of hydrazine groups is 1. The molecule has 0 spiro atoms. The van der Waals surface area contributed by atoms with Crippen LogP contribution in [0.1, 0.15) is 10.5 Å². The molecule has 0 unspecified atom stereocenters. The molecule has 3 aromatic rings. The molecule has 0 radical (unpaired) electrons. The lowest BCUT2D eigenvalue weighted by atomic mass is 10.3. The minimum atomic E-state index is -0.720. The lowest BCUT2D eigenvalue weighted by Gasteiger charge is -2.09. The van der Waals surface area contributed by atoms with Gasteiger partial charge in [0, 0.05) is 10.7 Å². The van der Waals surface area contributed by atoms with Crippen LogP contribution in [0.15, 0.2) is 48.5 Å². The van der Waals surface area contributed by atoms with Crippen LogP contribution in [0.25, 0.3) is 5.69 Å². The lowest BCUT2D eigenvalue weighted by Crippen LogP contribution is -2.44. The summed E-state index contributed by atoms with van der Waals surface area (Å²) < 4.78 is 6.31. The van der Waals surface area contributed by atoms with E-state index >= 15 is 0 Å².